The Bertz CT molecular complexity index is 312. The normalized spacial score (nSPS) is 34.9. The van der Waals surface area contributed by atoms with E-state index in [1.54, 1.807) is 0 Å². The third-order valence-corrected chi connectivity index (χ3v) is 5.04. The first-order valence-corrected chi connectivity index (χ1v) is 8.01. The number of nitrogens with zero attached hydrogens (tertiary/aromatic N) is 1. The number of ether oxygens (including phenoxy) is 1. The van der Waals surface area contributed by atoms with E-state index < -0.39 is 0 Å². The van der Waals surface area contributed by atoms with Crippen LogP contribution in [0.4, 0.5) is 0 Å². The Balaban J connectivity index is 1.87. The summed E-state index contributed by atoms with van der Waals surface area (Å²) in [5, 5.41) is 0. The lowest BCUT2D eigenvalue weighted by Crippen LogP contribution is -2.61. The van der Waals surface area contributed by atoms with Gasteiger partial charge in [-0.3, -0.25) is 4.79 Å². The van der Waals surface area contributed by atoms with E-state index in [0.29, 0.717) is 24.9 Å². The first-order chi connectivity index (χ1) is 9.01. The molecule has 19 heavy (non-hydrogen) atoms. The van der Waals surface area contributed by atoms with E-state index in [1.807, 2.05) is 0 Å². The molecule has 2 fully saturated rings. The fourth-order valence-electron chi connectivity index (χ4n) is 4.02. The summed E-state index contributed by atoms with van der Waals surface area (Å²) in [5.41, 5.74) is 0. The number of hydrogen-bond acceptors (Lipinski definition) is 2. The lowest BCUT2D eigenvalue weighted by atomic mass is 9.82. The van der Waals surface area contributed by atoms with Crippen molar-refractivity contribution in [3.8, 4) is 0 Å². The van der Waals surface area contributed by atoms with Crippen molar-refractivity contribution in [2.45, 2.75) is 58.4 Å². The third kappa shape index (κ3) is 3.71. The summed E-state index contributed by atoms with van der Waals surface area (Å²) < 4.78 is 6.77. The van der Waals surface area contributed by atoms with Gasteiger partial charge in [-0.15, -0.1) is 0 Å². The average molecular weight is 268 g/mol. The zero-order valence-electron chi connectivity index (χ0n) is 12.9. The number of rotatable bonds is 4. The average Bonchev–Trinajstić information content (AvgIpc) is 2.34. The molecule has 2 rings (SSSR count). The summed E-state index contributed by atoms with van der Waals surface area (Å²) >= 11 is 0. The first-order valence-electron chi connectivity index (χ1n) is 8.01. The van der Waals surface area contributed by atoms with E-state index in [0.717, 1.165) is 6.04 Å². The zero-order chi connectivity index (χ0) is 13.9. The van der Waals surface area contributed by atoms with Crippen molar-refractivity contribution in [1.82, 2.24) is 0 Å². The fraction of sp³-hybridized carbons (Fsp3) is 0.938. The molecule has 2 heterocycles. The second kappa shape index (κ2) is 6.25. The molecular formula is C16H30NO2+. The summed E-state index contributed by atoms with van der Waals surface area (Å²) in [6.45, 7) is 7.43. The fourth-order valence-corrected chi connectivity index (χ4v) is 4.02. The van der Waals surface area contributed by atoms with Gasteiger partial charge in [0.2, 0.25) is 0 Å². The number of piperidine rings is 2. The maximum Gasteiger partial charge on any atom is 0.306 e. The van der Waals surface area contributed by atoms with Crippen LogP contribution in [0.5, 0.6) is 0 Å². The number of quaternary nitrogens is 1. The predicted octanol–water partition coefficient (Wildman–Crippen LogP) is 2.98. The SMILES string of the molecule is CC(C)CC(=O)OC[C@@H]1CCC[N@@+]2(C)CCCC[C@H]12. The monoisotopic (exact) mass is 268 g/mol. The minimum Gasteiger partial charge on any atom is -0.465 e. The predicted molar refractivity (Wildman–Crippen MR) is 76.7 cm³/mol. The molecule has 0 amide bonds. The van der Waals surface area contributed by atoms with Gasteiger partial charge >= 0.3 is 5.97 Å². The molecule has 0 radical (unpaired) electrons. The summed E-state index contributed by atoms with van der Waals surface area (Å²) in [7, 11) is 2.41. The van der Waals surface area contributed by atoms with Crippen molar-refractivity contribution in [2.24, 2.45) is 11.8 Å². The lowest BCUT2D eigenvalue weighted by molar-refractivity contribution is -0.947. The zero-order valence-corrected chi connectivity index (χ0v) is 12.9. The maximum absolute atomic E-state index is 11.7. The Hall–Kier alpha value is -0.570. The number of hydrogen-bond donors (Lipinski definition) is 0. The van der Waals surface area contributed by atoms with Crippen molar-refractivity contribution < 1.29 is 14.0 Å². The number of esters is 1. The van der Waals surface area contributed by atoms with Gasteiger partial charge in [-0.2, -0.15) is 0 Å². The number of carbonyl (C=O) groups excluding carboxylic acids is 1. The van der Waals surface area contributed by atoms with Crippen LogP contribution in [0, 0.1) is 11.8 Å². The van der Waals surface area contributed by atoms with Crippen molar-refractivity contribution in [3.63, 3.8) is 0 Å². The molecule has 0 bridgehead atoms. The van der Waals surface area contributed by atoms with Crippen LogP contribution in [0.25, 0.3) is 0 Å². The first kappa shape index (κ1) is 14.8. The molecular weight excluding hydrogens is 238 g/mol. The van der Waals surface area contributed by atoms with Gasteiger partial charge in [-0.05, 0) is 31.6 Å². The lowest BCUT2D eigenvalue weighted by Gasteiger charge is -2.51. The quantitative estimate of drug-likeness (QED) is 0.579. The van der Waals surface area contributed by atoms with Crippen molar-refractivity contribution >= 4 is 5.97 Å². The second-order valence-corrected chi connectivity index (χ2v) is 7.17. The van der Waals surface area contributed by atoms with Gasteiger partial charge in [0.05, 0.1) is 32.8 Å². The molecule has 0 aliphatic carbocycles. The minimum atomic E-state index is -0.00872. The van der Waals surface area contributed by atoms with Crippen LogP contribution in [0.15, 0.2) is 0 Å². The minimum absolute atomic E-state index is 0.00872. The summed E-state index contributed by atoms with van der Waals surface area (Å²) in [4.78, 5) is 11.7. The van der Waals surface area contributed by atoms with E-state index in [-0.39, 0.29) is 5.97 Å². The molecule has 0 unspecified atom stereocenters. The smallest absolute Gasteiger partial charge is 0.306 e. The van der Waals surface area contributed by atoms with Crippen LogP contribution in [-0.2, 0) is 9.53 Å². The molecule has 3 nitrogen and oxygen atoms in total. The molecule has 3 atom stereocenters. The van der Waals surface area contributed by atoms with Crippen LogP contribution in [0.2, 0.25) is 0 Å². The maximum atomic E-state index is 11.7. The molecule has 0 aromatic heterocycles. The van der Waals surface area contributed by atoms with E-state index in [1.165, 1.54) is 49.7 Å². The highest BCUT2D eigenvalue weighted by atomic mass is 16.5. The molecule has 2 saturated heterocycles. The molecule has 2 aliphatic rings. The highest BCUT2D eigenvalue weighted by Gasteiger charge is 2.43. The van der Waals surface area contributed by atoms with Gasteiger partial charge < -0.3 is 9.22 Å². The third-order valence-electron chi connectivity index (χ3n) is 5.04. The van der Waals surface area contributed by atoms with Crippen molar-refractivity contribution in [1.29, 1.82) is 0 Å². The Morgan fingerprint density at radius 2 is 1.95 bits per heavy atom. The highest BCUT2D eigenvalue weighted by molar-refractivity contribution is 5.69. The van der Waals surface area contributed by atoms with Gasteiger partial charge in [0.15, 0.2) is 0 Å². The van der Waals surface area contributed by atoms with E-state index in [4.69, 9.17) is 4.74 Å². The van der Waals surface area contributed by atoms with Crippen LogP contribution in [-0.4, -0.2) is 43.2 Å². The molecule has 110 valence electrons. The van der Waals surface area contributed by atoms with Gasteiger partial charge in [-0.1, -0.05) is 13.8 Å². The second-order valence-electron chi connectivity index (χ2n) is 7.17. The van der Waals surface area contributed by atoms with E-state index in [9.17, 15) is 4.79 Å². The Morgan fingerprint density at radius 1 is 1.21 bits per heavy atom. The number of fused-ring (bicyclic) bond motifs is 1. The molecule has 0 spiro atoms. The van der Waals surface area contributed by atoms with Crippen LogP contribution in [0.3, 0.4) is 0 Å². The van der Waals surface area contributed by atoms with Gasteiger partial charge in [0.25, 0.3) is 0 Å². The Labute approximate surface area is 117 Å². The number of carbonyl (C=O) groups is 1. The van der Waals surface area contributed by atoms with E-state index >= 15 is 0 Å². The van der Waals surface area contributed by atoms with Crippen LogP contribution >= 0.6 is 0 Å². The molecule has 0 aromatic rings. The molecule has 0 aromatic carbocycles. The standard InChI is InChI=1S/C16H30NO2/c1-13(2)11-16(18)19-12-14-7-6-10-17(3)9-5-4-8-15(14)17/h13-15H,4-12H2,1-3H3/q+1/t14-,15+,17+/m0/s1. The van der Waals surface area contributed by atoms with Gasteiger partial charge in [0.1, 0.15) is 0 Å². The summed E-state index contributed by atoms with van der Waals surface area (Å²) in [5.74, 6) is 0.982. The highest BCUT2D eigenvalue weighted by Crippen LogP contribution is 2.36. The summed E-state index contributed by atoms with van der Waals surface area (Å²) in [6.07, 6.45) is 7.14. The van der Waals surface area contributed by atoms with Gasteiger partial charge in [-0.25, -0.2) is 0 Å². The largest absolute Gasteiger partial charge is 0.465 e. The van der Waals surface area contributed by atoms with Crippen LogP contribution in [0.1, 0.15) is 52.4 Å². The van der Waals surface area contributed by atoms with Crippen molar-refractivity contribution in [2.75, 3.05) is 26.7 Å². The molecule has 0 N–H and O–H groups in total. The van der Waals surface area contributed by atoms with Gasteiger partial charge in [0, 0.05) is 18.8 Å². The van der Waals surface area contributed by atoms with Crippen molar-refractivity contribution in [3.05, 3.63) is 0 Å². The summed E-state index contributed by atoms with van der Waals surface area (Å²) in [6, 6.07) is 0.731. The Kier molecular flexibility index (Phi) is 4.88. The van der Waals surface area contributed by atoms with E-state index in [2.05, 4.69) is 20.9 Å². The molecule has 0 saturated carbocycles. The Morgan fingerprint density at radius 3 is 2.68 bits per heavy atom. The van der Waals surface area contributed by atoms with Crippen LogP contribution < -0.4 is 0 Å². The molecule has 2 aliphatic heterocycles. The topological polar surface area (TPSA) is 26.3 Å². The molecule has 3 heteroatoms.